The van der Waals surface area contributed by atoms with Gasteiger partial charge in [0.1, 0.15) is 17.2 Å². The van der Waals surface area contributed by atoms with Crippen molar-refractivity contribution in [1.82, 2.24) is 24.9 Å². The standard InChI is InChI=1S/C20H23FN6O2/c1-12(2)24-20(29)16-10-23-26-6-5-18(25-19(16)26)27-15(11-28)3-4-17(27)13-7-14(21)9-22-8-13/h5-10,12,15,17,28H,3-4,11H2,1-2H3,(H,24,29)/t15-,17+/m0/s1. The van der Waals surface area contributed by atoms with E-state index in [4.69, 9.17) is 0 Å². The number of hydrogen-bond acceptors (Lipinski definition) is 6. The first-order valence-corrected chi connectivity index (χ1v) is 9.63. The number of nitrogens with zero attached hydrogens (tertiary/aromatic N) is 5. The van der Waals surface area contributed by atoms with Gasteiger partial charge in [0, 0.05) is 18.4 Å². The maximum atomic E-state index is 13.7. The first kappa shape index (κ1) is 19.3. The van der Waals surface area contributed by atoms with Crippen LogP contribution in [0.5, 0.6) is 0 Å². The second-order valence-electron chi connectivity index (χ2n) is 7.51. The molecule has 1 amide bonds. The number of anilines is 1. The number of rotatable bonds is 5. The molecule has 152 valence electrons. The molecule has 0 aliphatic carbocycles. The number of carbonyl (C=O) groups is 1. The number of fused-ring (bicyclic) bond motifs is 1. The van der Waals surface area contributed by atoms with Crippen molar-refractivity contribution in [1.29, 1.82) is 0 Å². The summed E-state index contributed by atoms with van der Waals surface area (Å²) in [5, 5.41) is 17.0. The summed E-state index contributed by atoms with van der Waals surface area (Å²) in [6.07, 6.45) is 7.51. The molecule has 1 aliphatic heterocycles. The highest BCUT2D eigenvalue weighted by molar-refractivity contribution is 5.99. The van der Waals surface area contributed by atoms with Crippen molar-refractivity contribution in [3.05, 3.63) is 53.9 Å². The van der Waals surface area contributed by atoms with Crippen molar-refractivity contribution < 1.29 is 14.3 Å². The van der Waals surface area contributed by atoms with Crippen LogP contribution in [-0.2, 0) is 0 Å². The van der Waals surface area contributed by atoms with Crippen LogP contribution >= 0.6 is 0 Å². The van der Waals surface area contributed by atoms with Gasteiger partial charge in [-0.2, -0.15) is 5.10 Å². The van der Waals surface area contributed by atoms with Crippen LogP contribution in [0.3, 0.4) is 0 Å². The number of aliphatic hydroxyl groups excluding tert-OH is 1. The van der Waals surface area contributed by atoms with Crippen LogP contribution in [0, 0.1) is 5.82 Å². The van der Waals surface area contributed by atoms with Gasteiger partial charge in [0.2, 0.25) is 0 Å². The normalized spacial score (nSPS) is 19.3. The second kappa shape index (κ2) is 7.75. The van der Waals surface area contributed by atoms with Gasteiger partial charge in [-0.25, -0.2) is 13.9 Å². The molecule has 0 unspecified atom stereocenters. The van der Waals surface area contributed by atoms with E-state index >= 15 is 0 Å². The number of nitrogens with one attached hydrogen (secondary N) is 1. The molecule has 9 heteroatoms. The molecule has 1 saturated heterocycles. The minimum atomic E-state index is -0.401. The molecule has 2 N–H and O–H groups in total. The fourth-order valence-corrected chi connectivity index (χ4v) is 3.85. The molecule has 0 saturated carbocycles. The van der Waals surface area contributed by atoms with Gasteiger partial charge in [-0.15, -0.1) is 0 Å². The molecule has 0 radical (unpaired) electrons. The van der Waals surface area contributed by atoms with E-state index in [9.17, 15) is 14.3 Å². The van der Waals surface area contributed by atoms with E-state index in [0.29, 0.717) is 17.0 Å². The Morgan fingerprint density at radius 1 is 1.34 bits per heavy atom. The monoisotopic (exact) mass is 398 g/mol. The van der Waals surface area contributed by atoms with Crippen LogP contribution in [0.4, 0.5) is 10.2 Å². The highest BCUT2D eigenvalue weighted by Crippen LogP contribution is 2.39. The minimum absolute atomic E-state index is 0.0113. The summed E-state index contributed by atoms with van der Waals surface area (Å²) in [7, 11) is 0. The van der Waals surface area contributed by atoms with E-state index in [1.807, 2.05) is 18.7 Å². The average Bonchev–Trinajstić information content (AvgIpc) is 3.31. The predicted octanol–water partition coefficient (Wildman–Crippen LogP) is 2.10. The van der Waals surface area contributed by atoms with E-state index in [1.54, 1.807) is 23.0 Å². The Morgan fingerprint density at radius 2 is 2.17 bits per heavy atom. The molecule has 0 aromatic carbocycles. The smallest absolute Gasteiger partial charge is 0.256 e. The number of aliphatic hydroxyl groups is 1. The van der Waals surface area contributed by atoms with Gasteiger partial charge in [-0.05, 0) is 44.4 Å². The summed E-state index contributed by atoms with van der Waals surface area (Å²) >= 11 is 0. The SMILES string of the molecule is CC(C)NC(=O)c1cnn2ccc(N3[C@H](CO)CC[C@@H]3c3cncc(F)c3)nc12. The highest BCUT2D eigenvalue weighted by atomic mass is 19.1. The van der Waals surface area contributed by atoms with Crippen LogP contribution < -0.4 is 10.2 Å². The molecule has 3 aromatic heterocycles. The number of halogens is 1. The van der Waals surface area contributed by atoms with E-state index in [-0.39, 0.29) is 30.6 Å². The topological polar surface area (TPSA) is 95.7 Å². The lowest BCUT2D eigenvalue weighted by Gasteiger charge is -2.30. The molecule has 1 fully saturated rings. The quantitative estimate of drug-likeness (QED) is 0.683. The number of hydrogen-bond donors (Lipinski definition) is 2. The lowest BCUT2D eigenvalue weighted by Crippen LogP contribution is -2.35. The van der Waals surface area contributed by atoms with Crippen LogP contribution in [0.15, 0.2) is 36.9 Å². The van der Waals surface area contributed by atoms with Crippen molar-refractivity contribution in [2.75, 3.05) is 11.5 Å². The summed E-state index contributed by atoms with van der Waals surface area (Å²) in [6.45, 7) is 3.72. The molecule has 0 spiro atoms. The lowest BCUT2D eigenvalue weighted by atomic mass is 10.1. The molecule has 3 aromatic rings. The molecular formula is C20H23FN6O2. The van der Waals surface area contributed by atoms with Gasteiger partial charge < -0.3 is 15.3 Å². The summed E-state index contributed by atoms with van der Waals surface area (Å²) in [5.41, 5.74) is 1.54. The Bertz CT molecular complexity index is 1040. The first-order chi connectivity index (χ1) is 14.0. The largest absolute Gasteiger partial charge is 0.394 e. The Balaban J connectivity index is 1.75. The Morgan fingerprint density at radius 3 is 2.90 bits per heavy atom. The maximum absolute atomic E-state index is 13.7. The molecule has 8 nitrogen and oxygen atoms in total. The van der Waals surface area contributed by atoms with Gasteiger partial charge in [0.15, 0.2) is 5.65 Å². The number of carbonyl (C=O) groups excluding carboxylic acids is 1. The number of pyridine rings is 1. The fraction of sp³-hybridized carbons (Fsp3) is 0.400. The fourth-order valence-electron chi connectivity index (χ4n) is 3.85. The molecule has 29 heavy (non-hydrogen) atoms. The molecular weight excluding hydrogens is 375 g/mol. The van der Waals surface area contributed by atoms with E-state index in [1.165, 1.54) is 18.5 Å². The summed E-state index contributed by atoms with van der Waals surface area (Å²) < 4.78 is 15.3. The van der Waals surface area contributed by atoms with Crippen LogP contribution in [-0.4, -0.2) is 49.3 Å². The third-order valence-corrected chi connectivity index (χ3v) is 5.11. The third-order valence-electron chi connectivity index (χ3n) is 5.11. The Kier molecular flexibility index (Phi) is 5.14. The van der Waals surface area contributed by atoms with E-state index in [0.717, 1.165) is 18.4 Å². The maximum Gasteiger partial charge on any atom is 0.256 e. The van der Waals surface area contributed by atoms with Crippen LogP contribution in [0.25, 0.3) is 5.65 Å². The first-order valence-electron chi connectivity index (χ1n) is 9.63. The zero-order chi connectivity index (χ0) is 20.5. The summed E-state index contributed by atoms with van der Waals surface area (Å²) in [4.78, 5) is 23.1. The minimum Gasteiger partial charge on any atom is -0.394 e. The van der Waals surface area contributed by atoms with Crippen molar-refractivity contribution in [2.24, 2.45) is 0 Å². The Hall–Kier alpha value is -3.07. The van der Waals surface area contributed by atoms with Crippen molar-refractivity contribution >= 4 is 17.4 Å². The zero-order valence-electron chi connectivity index (χ0n) is 16.3. The molecule has 4 heterocycles. The number of aromatic nitrogens is 4. The molecule has 4 rings (SSSR count). The molecule has 1 aliphatic rings. The van der Waals surface area contributed by atoms with Crippen molar-refractivity contribution in [2.45, 2.75) is 44.8 Å². The van der Waals surface area contributed by atoms with E-state index in [2.05, 4.69) is 20.4 Å². The van der Waals surface area contributed by atoms with Crippen molar-refractivity contribution in [3.63, 3.8) is 0 Å². The molecule has 0 bridgehead atoms. The highest BCUT2D eigenvalue weighted by Gasteiger charge is 2.35. The van der Waals surface area contributed by atoms with Crippen LogP contribution in [0.1, 0.15) is 48.7 Å². The van der Waals surface area contributed by atoms with Gasteiger partial charge in [-0.1, -0.05) is 0 Å². The third kappa shape index (κ3) is 3.65. The zero-order valence-corrected chi connectivity index (χ0v) is 16.3. The average molecular weight is 398 g/mol. The Labute approximate surface area is 167 Å². The predicted molar refractivity (Wildman–Crippen MR) is 105 cm³/mol. The van der Waals surface area contributed by atoms with Crippen LogP contribution in [0.2, 0.25) is 0 Å². The summed E-state index contributed by atoms with van der Waals surface area (Å²) in [6, 6.07) is 2.92. The van der Waals surface area contributed by atoms with E-state index < -0.39 is 5.82 Å². The number of amides is 1. The van der Waals surface area contributed by atoms with Gasteiger partial charge >= 0.3 is 0 Å². The van der Waals surface area contributed by atoms with Gasteiger partial charge in [-0.3, -0.25) is 9.78 Å². The van der Waals surface area contributed by atoms with Gasteiger partial charge in [0.05, 0.1) is 31.1 Å². The van der Waals surface area contributed by atoms with Crippen molar-refractivity contribution in [3.8, 4) is 0 Å². The van der Waals surface area contributed by atoms with Gasteiger partial charge in [0.25, 0.3) is 5.91 Å². The lowest BCUT2D eigenvalue weighted by molar-refractivity contribution is 0.0944. The molecule has 2 atom stereocenters. The summed E-state index contributed by atoms with van der Waals surface area (Å²) in [5.74, 6) is -0.0465. The second-order valence-corrected chi connectivity index (χ2v) is 7.51.